The molecule has 1 atom stereocenters. The second-order valence-electron chi connectivity index (χ2n) is 5.14. The highest BCUT2D eigenvalue weighted by molar-refractivity contribution is 5.79. The predicted octanol–water partition coefficient (Wildman–Crippen LogP) is 1.65. The average molecular weight is 213 g/mol. The number of likely N-dealkylation sites (tertiary alicyclic amines) is 1. The zero-order valence-corrected chi connectivity index (χ0v) is 10.3. The van der Waals surface area contributed by atoms with Gasteiger partial charge in [0.15, 0.2) is 0 Å². The number of carbonyl (C=O) groups excluding carboxylic acids is 1. The Bertz CT molecular complexity index is 232. The van der Waals surface area contributed by atoms with Crippen molar-refractivity contribution in [3.8, 4) is 0 Å². The van der Waals surface area contributed by atoms with Crippen LogP contribution in [-0.4, -0.2) is 34.6 Å². The summed E-state index contributed by atoms with van der Waals surface area (Å²) in [7, 11) is 0. The van der Waals surface area contributed by atoms with Gasteiger partial charge >= 0.3 is 0 Å². The summed E-state index contributed by atoms with van der Waals surface area (Å²) >= 11 is 0. The molecule has 1 heterocycles. The van der Waals surface area contributed by atoms with Crippen LogP contribution in [0.2, 0.25) is 0 Å². The minimum absolute atomic E-state index is 0.103. The molecule has 0 aliphatic carbocycles. The summed E-state index contributed by atoms with van der Waals surface area (Å²) in [5.41, 5.74) is -0.637. The lowest BCUT2D eigenvalue weighted by Gasteiger charge is -2.49. The Hall–Kier alpha value is -0.570. The smallest absolute Gasteiger partial charge is 0.225 e. The summed E-state index contributed by atoms with van der Waals surface area (Å²) in [6.45, 7) is 9.08. The highest BCUT2D eigenvalue weighted by Crippen LogP contribution is 2.30. The van der Waals surface area contributed by atoms with Gasteiger partial charge in [-0.25, -0.2) is 0 Å². The van der Waals surface area contributed by atoms with Gasteiger partial charge in [-0.3, -0.25) is 4.79 Å². The first-order chi connectivity index (χ1) is 6.90. The van der Waals surface area contributed by atoms with Crippen LogP contribution in [0.4, 0.5) is 0 Å². The van der Waals surface area contributed by atoms with Gasteiger partial charge in [-0.1, -0.05) is 34.1 Å². The minimum Gasteiger partial charge on any atom is -0.386 e. The molecule has 0 spiro atoms. The molecule has 0 saturated carbocycles. The lowest BCUT2D eigenvalue weighted by Crippen LogP contribution is -2.66. The van der Waals surface area contributed by atoms with Crippen LogP contribution in [0.15, 0.2) is 0 Å². The predicted molar refractivity (Wildman–Crippen MR) is 60.4 cm³/mol. The van der Waals surface area contributed by atoms with E-state index in [0.29, 0.717) is 13.1 Å². The van der Waals surface area contributed by atoms with E-state index < -0.39 is 5.60 Å². The molecule has 0 aromatic carbocycles. The van der Waals surface area contributed by atoms with Crippen LogP contribution in [0.1, 0.15) is 40.5 Å². The minimum atomic E-state index is -0.637. The summed E-state index contributed by atoms with van der Waals surface area (Å²) in [6, 6.07) is 0. The molecule has 0 radical (unpaired) electrons. The summed E-state index contributed by atoms with van der Waals surface area (Å²) in [6.07, 6.45) is 1.98. The Morgan fingerprint density at radius 3 is 2.33 bits per heavy atom. The molecule has 1 saturated heterocycles. The number of nitrogens with zero attached hydrogens (tertiary/aromatic N) is 1. The largest absolute Gasteiger partial charge is 0.386 e. The first-order valence-electron chi connectivity index (χ1n) is 5.92. The van der Waals surface area contributed by atoms with Gasteiger partial charge in [0.05, 0.1) is 13.1 Å². The first kappa shape index (κ1) is 12.5. The standard InChI is InChI=1S/C12H23NO2/c1-5-6-10(4)11(14)13-7-12(15,8-13)9(2)3/h9-10,15H,5-8H2,1-4H3. The Kier molecular flexibility index (Phi) is 3.77. The van der Waals surface area contributed by atoms with Crippen molar-refractivity contribution in [3.63, 3.8) is 0 Å². The molecule has 0 bridgehead atoms. The van der Waals surface area contributed by atoms with Gasteiger partial charge in [-0.15, -0.1) is 0 Å². The van der Waals surface area contributed by atoms with Crippen molar-refractivity contribution in [3.05, 3.63) is 0 Å². The highest BCUT2D eigenvalue weighted by Gasteiger charge is 2.46. The van der Waals surface area contributed by atoms with E-state index in [1.54, 1.807) is 4.90 Å². The maximum absolute atomic E-state index is 11.8. The van der Waals surface area contributed by atoms with Crippen LogP contribution in [0.3, 0.4) is 0 Å². The zero-order valence-electron chi connectivity index (χ0n) is 10.3. The van der Waals surface area contributed by atoms with E-state index in [1.165, 1.54) is 0 Å². The Labute approximate surface area is 92.5 Å². The molecule has 1 amide bonds. The molecule has 0 aromatic heterocycles. The Morgan fingerprint density at radius 1 is 1.40 bits per heavy atom. The molecule has 1 unspecified atom stereocenters. The summed E-state index contributed by atoms with van der Waals surface area (Å²) < 4.78 is 0. The number of aliphatic hydroxyl groups is 1. The number of rotatable bonds is 4. The van der Waals surface area contributed by atoms with Gasteiger partial charge in [0, 0.05) is 5.92 Å². The van der Waals surface area contributed by atoms with Crippen molar-refractivity contribution < 1.29 is 9.90 Å². The van der Waals surface area contributed by atoms with E-state index in [0.717, 1.165) is 12.8 Å². The third-order valence-electron chi connectivity index (χ3n) is 3.46. The summed E-state index contributed by atoms with van der Waals surface area (Å²) in [5.74, 6) is 0.525. The number of carbonyl (C=O) groups is 1. The van der Waals surface area contributed by atoms with Crippen molar-refractivity contribution in [2.45, 2.75) is 46.1 Å². The fourth-order valence-corrected chi connectivity index (χ4v) is 2.00. The third-order valence-corrected chi connectivity index (χ3v) is 3.46. The second-order valence-corrected chi connectivity index (χ2v) is 5.14. The van der Waals surface area contributed by atoms with Gasteiger partial charge in [0.1, 0.15) is 5.60 Å². The van der Waals surface area contributed by atoms with E-state index in [-0.39, 0.29) is 17.7 Å². The van der Waals surface area contributed by atoms with Gasteiger partial charge in [-0.2, -0.15) is 0 Å². The Morgan fingerprint density at radius 2 is 1.93 bits per heavy atom. The third kappa shape index (κ3) is 2.51. The Balaban J connectivity index is 2.41. The van der Waals surface area contributed by atoms with E-state index in [9.17, 15) is 9.90 Å². The van der Waals surface area contributed by atoms with Gasteiger partial charge in [0.25, 0.3) is 0 Å². The van der Waals surface area contributed by atoms with Crippen molar-refractivity contribution in [2.75, 3.05) is 13.1 Å². The molecular formula is C12H23NO2. The van der Waals surface area contributed by atoms with Crippen LogP contribution in [0.25, 0.3) is 0 Å². The molecule has 88 valence electrons. The van der Waals surface area contributed by atoms with Gasteiger partial charge in [-0.05, 0) is 12.3 Å². The maximum Gasteiger partial charge on any atom is 0.225 e. The molecular weight excluding hydrogens is 190 g/mol. The lowest BCUT2D eigenvalue weighted by molar-refractivity contribution is -0.167. The molecule has 15 heavy (non-hydrogen) atoms. The van der Waals surface area contributed by atoms with Crippen molar-refractivity contribution in [2.24, 2.45) is 11.8 Å². The van der Waals surface area contributed by atoms with Crippen molar-refractivity contribution in [1.82, 2.24) is 4.90 Å². The van der Waals surface area contributed by atoms with Crippen LogP contribution in [0, 0.1) is 11.8 Å². The first-order valence-corrected chi connectivity index (χ1v) is 5.92. The second kappa shape index (κ2) is 4.52. The number of hydrogen-bond donors (Lipinski definition) is 1. The average Bonchev–Trinajstić information content (AvgIpc) is 2.11. The van der Waals surface area contributed by atoms with Crippen molar-refractivity contribution >= 4 is 5.91 Å². The normalized spacial score (nSPS) is 21.3. The van der Waals surface area contributed by atoms with Crippen LogP contribution < -0.4 is 0 Å². The molecule has 1 fully saturated rings. The monoisotopic (exact) mass is 213 g/mol. The number of hydrogen-bond acceptors (Lipinski definition) is 2. The molecule has 0 aromatic rings. The summed E-state index contributed by atoms with van der Waals surface area (Å²) in [5, 5.41) is 10.0. The quantitative estimate of drug-likeness (QED) is 0.771. The maximum atomic E-state index is 11.8. The fraction of sp³-hybridized carbons (Fsp3) is 0.917. The van der Waals surface area contributed by atoms with E-state index >= 15 is 0 Å². The number of β-amino-alcohol motifs (C(OH)–C–C–N with tert-alkyl or cyclic N) is 1. The highest BCUT2D eigenvalue weighted by atomic mass is 16.3. The van der Waals surface area contributed by atoms with E-state index in [4.69, 9.17) is 0 Å². The van der Waals surface area contributed by atoms with E-state index in [2.05, 4.69) is 6.92 Å². The SMILES string of the molecule is CCCC(C)C(=O)N1CC(O)(C(C)C)C1. The lowest BCUT2D eigenvalue weighted by atomic mass is 9.82. The molecule has 1 rings (SSSR count). The van der Waals surface area contributed by atoms with Gasteiger partial charge < -0.3 is 10.0 Å². The summed E-state index contributed by atoms with van der Waals surface area (Å²) in [4.78, 5) is 13.6. The zero-order chi connectivity index (χ0) is 11.6. The topological polar surface area (TPSA) is 40.5 Å². The van der Waals surface area contributed by atoms with Crippen molar-refractivity contribution in [1.29, 1.82) is 0 Å². The number of amides is 1. The van der Waals surface area contributed by atoms with Crippen LogP contribution >= 0.6 is 0 Å². The molecule has 1 aliphatic rings. The van der Waals surface area contributed by atoms with Crippen LogP contribution in [0.5, 0.6) is 0 Å². The van der Waals surface area contributed by atoms with Crippen LogP contribution in [-0.2, 0) is 4.79 Å². The molecule has 1 aliphatic heterocycles. The fourth-order valence-electron chi connectivity index (χ4n) is 2.00. The molecule has 3 heteroatoms. The molecule has 3 nitrogen and oxygen atoms in total. The van der Waals surface area contributed by atoms with E-state index in [1.807, 2.05) is 20.8 Å². The van der Waals surface area contributed by atoms with Gasteiger partial charge in [0.2, 0.25) is 5.91 Å². The molecule has 1 N–H and O–H groups in total.